The number of ether oxygens (including phenoxy) is 1. The SMILES string of the molecule is C=CC[C@]1(Cc2ccccc2)CN(C(=O)OC(C)(C)C)CN(C(=O)c2ccccc2)C1=O. The Morgan fingerprint density at radius 2 is 1.66 bits per heavy atom. The van der Waals surface area contributed by atoms with Gasteiger partial charge in [0.2, 0.25) is 5.91 Å². The van der Waals surface area contributed by atoms with Crippen molar-refractivity contribution in [2.45, 2.75) is 39.2 Å². The Morgan fingerprint density at radius 1 is 1.06 bits per heavy atom. The highest BCUT2D eigenvalue weighted by Gasteiger charge is 2.49. The van der Waals surface area contributed by atoms with Crippen LogP contribution in [0.1, 0.15) is 43.1 Å². The predicted molar refractivity (Wildman–Crippen MR) is 123 cm³/mol. The fraction of sp³-hybridized carbons (Fsp3) is 0.346. The number of amides is 3. The third kappa shape index (κ3) is 5.25. The largest absolute Gasteiger partial charge is 0.444 e. The van der Waals surface area contributed by atoms with Crippen molar-refractivity contribution in [1.29, 1.82) is 0 Å². The zero-order valence-corrected chi connectivity index (χ0v) is 18.9. The third-order valence-corrected chi connectivity index (χ3v) is 5.34. The summed E-state index contributed by atoms with van der Waals surface area (Å²) in [7, 11) is 0. The summed E-state index contributed by atoms with van der Waals surface area (Å²) < 4.78 is 5.58. The lowest BCUT2D eigenvalue weighted by Crippen LogP contribution is -2.63. The van der Waals surface area contributed by atoms with Gasteiger partial charge in [-0.25, -0.2) is 4.79 Å². The standard InChI is InChI=1S/C26H30N2O4/c1-5-16-26(17-20-12-8-6-9-13-20)18-27(24(31)32-25(2,3)4)19-28(23(26)30)22(29)21-14-10-7-11-15-21/h5-15H,1,16-19H2,2-4H3/t26-/m0/s1. The second-order valence-corrected chi connectivity index (χ2v) is 9.16. The maximum Gasteiger partial charge on any atom is 0.411 e. The van der Waals surface area contributed by atoms with E-state index in [9.17, 15) is 14.4 Å². The predicted octanol–water partition coefficient (Wildman–Crippen LogP) is 4.67. The second-order valence-electron chi connectivity index (χ2n) is 9.16. The summed E-state index contributed by atoms with van der Waals surface area (Å²) in [5.41, 5.74) is -0.393. The van der Waals surface area contributed by atoms with Crippen LogP contribution in [-0.2, 0) is 16.0 Å². The smallest absolute Gasteiger partial charge is 0.411 e. The van der Waals surface area contributed by atoms with Crippen LogP contribution in [0.5, 0.6) is 0 Å². The van der Waals surface area contributed by atoms with Gasteiger partial charge in [-0.1, -0.05) is 54.6 Å². The Morgan fingerprint density at radius 3 is 2.22 bits per heavy atom. The molecule has 3 rings (SSSR count). The third-order valence-electron chi connectivity index (χ3n) is 5.34. The van der Waals surface area contributed by atoms with E-state index in [1.54, 1.807) is 57.2 Å². The zero-order chi connectivity index (χ0) is 23.4. The van der Waals surface area contributed by atoms with Gasteiger partial charge in [0.15, 0.2) is 0 Å². The van der Waals surface area contributed by atoms with Crippen LogP contribution < -0.4 is 0 Å². The minimum absolute atomic E-state index is 0.139. The fourth-order valence-electron chi connectivity index (χ4n) is 3.96. The van der Waals surface area contributed by atoms with Gasteiger partial charge >= 0.3 is 6.09 Å². The van der Waals surface area contributed by atoms with Crippen LogP contribution in [0.2, 0.25) is 0 Å². The van der Waals surface area contributed by atoms with Crippen LogP contribution in [0.3, 0.4) is 0 Å². The van der Waals surface area contributed by atoms with E-state index in [0.29, 0.717) is 18.4 Å². The summed E-state index contributed by atoms with van der Waals surface area (Å²) in [6.07, 6.45) is 1.80. The summed E-state index contributed by atoms with van der Waals surface area (Å²) >= 11 is 0. The summed E-state index contributed by atoms with van der Waals surface area (Å²) in [6.45, 7) is 9.18. The first-order valence-corrected chi connectivity index (χ1v) is 10.7. The zero-order valence-electron chi connectivity index (χ0n) is 18.9. The van der Waals surface area contributed by atoms with Gasteiger partial charge in [-0.3, -0.25) is 19.4 Å². The van der Waals surface area contributed by atoms with Crippen molar-refractivity contribution in [2.75, 3.05) is 13.2 Å². The number of carbonyl (C=O) groups is 3. The van der Waals surface area contributed by atoms with Gasteiger partial charge in [0.25, 0.3) is 5.91 Å². The molecular formula is C26H30N2O4. The van der Waals surface area contributed by atoms with Gasteiger partial charge in [-0.2, -0.15) is 0 Å². The molecule has 32 heavy (non-hydrogen) atoms. The van der Waals surface area contributed by atoms with Crippen LogP contribution in [0.25, 0.3) is 0 Å². The topological polar surface area (TPSA) is 66.9 Å². The molecule has 1 fully saturated rings. The summed E-state index contributed by atoms with van der Waals surface area (Å²) in [4.78, 5) is 42.7. The molecule has 3 amide bonds. The summed E-state index contributed by atoms with van der Waals surface area (Å²) in [5, 5.41) is 0. The molecule has 2 aromatic rings. The summed E-state index contributed by atoms with van der Waals surface area (Å²) in [6, 6.07) is 18.2. The van der Waals surface area contributed by atoms with E-state index in [-0.39, 0.29) is 19.1 Å². The molecule has 0 N–H and O–H groups in total. The number of imide groups is 1. The molecule has 168 valence electrons. The Hall–Kier alpha value is -3.41. The lowest BCUT2D eigenvalue weighted by Gasteiger charge is -2.46. The number of benzene rings is 2. The molecule has 6 heteroatoms. The summed E-state index contributed by atoms with van der Waals surface area (Å²) in [5.74, 6) is -0.750. The van der Waals surface area contributed by atoms with Crippen molar-refractivity contribution < 1.29 is 19.1 Å². The highest BCUT2D eigenvalue weighted by molar-refractivity contribution is 6.07. The van der Waals surface area contributed by atoms with Gasteiger partial charge in [0, 0.05) is 12.1 Å². The van der Waals surface area contributed by atoms with Crippen LogP contribution in [-0.4, -0.2) is 46.5 Å². The van der Waals surface area contributed by atoms with Crippen LogP contribution in [0.15, 0.2) is 73.3 Å². The maximum atomic E-state index is 13.8. The minimum atomic E-state index is -1.03. The molecule has 6 nitrogen and oxygen atoms in total. The lowest BCUT2D eigenvalue weighted by atomic mass is 9.75. The van der Waals surface area contributed by atoms with Crippen molar-refractivity contribution >= 4 is 17.9 Å². The first kappa shape index (κ1) is 23.3. The molecule has 0 radical (unpaired) electrons. The first-order chi connectivity index (χ1) is 15.1. The van der Waals surface area contributed by atoms with Gasteiger partial charge in [-0.05, 0) is 51.3 Å². The van der Waals surface area contributed by atoms with Crippen LogP contribution >= 0.6 is 0 Å². The monoisotopic (exact) mass is 434 g/mol. The second kappa shape index (κ2) is 9.39. The van der Waals surface area contributed by atoms with Crippen molar-refractivity contribution in [2.24, 2.45) is 5.41 Å². The Bertz CT molecular complexity index is 982. The van der Waals surface area contributed by atoms with Crippen molar-refractivity contribution in [3.05, 3.63) is 84.4 Å². The number of carbonyl (C=O) groups excluding carboxylic acids is 3. The van der Waals surface area contributed by atoms with E-state index >= 15 is 0 Å². The number of allylic oxidation sites excluding steroid dienone is 1. The molecule has 1 atom stereocenters. The molecule has 1 heterocycles. The molecule has 2 aromatic carbocycles. The van der Waals surface area contributed by atoms with E-state index in [4.69, 9.17) is 4.74 Å². The number of nitrogens with zero attached hydrogens (tertiary/aromatic N) is 2. The Balaban J connectivity index is 2.03. The van der Waals surface area contributed by atoms with Gasteiger partial charge in [0.05, 0.1) is 5.41 Å². The van der Waals surface area contributed by atoms with Crippen LogP contribution in [0.4, 0.5) is 4.79 Å². The Kier molecular flexibility index (Phi) is 6.82. The number of rotatable bonds is 5. The number of hydrogen-bond acceptors (Lipinski definition) is 4. The van der Waals surface area contributed by atoms with Crippen molar-refractivity contribution in [1.82, 2.24) is 9.80 Å². The molecule has 0 saturated carbocycles. The highest BCUT2D eigenvalue weighted by atomic mass is 16.6. The molecule has 1 aliphatic heterocycles. The molecule has 0 aliphatic carbocycles. The minimum Gasteiger partial charge on any atom is -0.444 e. The van der Waals surface area contributed by atoms with E-state index in [1.807, 2.05) is 30.3 Å². The van der Waals surface area contributed by atoms with E-state index in [0.717, 1.165) is 10.5 Å². The molecule has 1 saturated heterocycles. The molecule has 0 unspecified atom stereocenters. The molecule has 0 aromatic heterocycles. The van der Waals surface area contributed by atoms with Crippen molar-refractivity contribution in [3.63, 3.8) is 0 Å². The average molecular weight is 435 g/mol. The molecule has 1 aliphatic rings. The average Bonchev–Trinajstić information content (AvgIpc) is 2.75. The quantitative estimate of drug-likeness (QED) is 0.507. The molecule has 0 spiro atoms. The Labute approximate surface area is 189 Å². The van der Waals surface area contributed by atoms with E-state index in [2.05, 4.69) is 6.58 Å². The highest BCUT2D eigenvalue weighted by Crippen LogP contribution is 2.36. The lowest BCUT2D eigenvalue weighted by molar-refractivity contribution is -0.148. The first-order valence-electron chi connectivity index (χ1n) is 10.7. The van der Waals surface area contributed by atoms with Gasteiger partial charge in [-0.15, -0.1) is 6.58 Å². The number of hydrogen-bond donors (Lipinski definition) is 0. The van der Waals surface area contributed by atoms with E-state index in [1.165, 1.54) is 4.90 Å². The molecule has 0 bridgehead atoms. The maximum absolute atomic E-state index is 13.8. The van der Waals surface area contributed by atoms with Gasteiger partial charge in [0.1, 0.15) is 12.3 Å². The normalized spacial score (nSPS) is 18.9. The van der Waals surface area contributed by atoms with Crippen LogP contribution in [0, 0.1) is 5.41 Å². The fourth-order valence-corrected chi connectivity index (χ4v) is 3.96. The van der Waals surface area contributed by atoms with Gasteiger partial charge < -0.3 is 4.74 Å². The molecular weight excluding hydrogens is 404 g/mol. The van der Waals surface area contributed by atoms with E-state index < -0.39 is 23.0 Å². The van der Waals surface area contributed by atoms with Crippen molar-refractivity contribution in [3.8, 4) is 0 Å².